The van der Waals surface area contributed by atoms with Crippen molar-refractivity contribution in [2.45, 2.75) is 18.9 Å². The second-order valence-corrected chi connectivity index (χ2v) is 4.31. The molecule has 0 aromatic heterocycles. The Morgan fingerprint density at radius 1 is 1.31 bits per heavy atom. The summed E-state index contributed by atoms with van der Waals surface area (Å²) in [6.07, 6.45) is 1.07. The second kappa shape index (κ2) is 5.57. The van der Waals surface area contributed by atoms with E-state index in [9.17, 15) is 5.11 Å². The van der Waals surface area contributed by atoms with Gasteiger partial charge in [-0.3, -0.25) is 0 Å². The first-order chi connectivity index (χ1) is 6.22. The van der Waals surface area contributed by atoms with Crippen molar-refractivity contribution < 1.29 is 5.11 Å². The maximum atomic E-state index is 9.49. The topological polar surface area (TPSA) is 46.2 Å². The van der Waals surface area contributed by atoms with E-state index in [1.165, 1.54) is 9.13 Å². The van der Waals surface area contributed by atoms with Gasteiger partial charge in [0.2, 0.25) is 0 Å². The molecule has 3 heteroatoms. The lowest BCUT2D eigenvalue weighted by Crippen LogP contribution is -2.15. The van der Waals surface area contributed by atoms with Crippen molar-refractivity contribution in [2.75, 3.05) is 6.54 Å². The number of nitrogens with two attached hydrogens (primary N) is 1. The average Bonchev–Trinajstić information content (AvgIpc) is 2.09. The smallest absolute Gasteiger partial charge is 0.0592 e. The van der Waals surface area contributed by atoms with Gasteiger partial charge in [0.15, 0.2) is 0 Å². The number of aliphatic hydroxyl groups is 1. The highest BCUT2D eigenvalue weighted by molar-refractivity contribution is 14.1. The highest BCUT2D eigenvalue weighted by atomic mass is 127. The first kappa shape index (κ1) is 10.9. The largest absolute Gasteiger partial charge is 0.393 e. The summed E-state index contributed by atoms with van der Waals surface area (Å²) in [7, 11) is 0. The minimum Gasteiger partial charge on any atom is -0.393 e. The molecule has 0 fully saturated rings. The molecule has 2 nitrogen and oxygen atoms in total. The van der Waals surface area contributed by atoms with Gasteiger partial charge in [0.1, 0.15) is 0 Å². The molecular formula is C10H14INO. The molecule has 0 radical (unpaired) electrons. The van der Waals surface area contributed by atoms with Crippen LogP contribution in [0.5, 0.6) is 0 Å². The zero-order valence-electron chi connectivity index (χ0n) is 7.41. The van der Waals surface area contributed by atoms with E-state index in [0.29, 0.717) is 19.4 Å². The number of hydrogen-bond acceptors (Lipinski definition) is 2. The molecule has 0 aliphatic rings. The zero-order chi connectivity index (χ0) is 9.68. The molecule has 72 valence electrons. The third kappa shape index (κ3) is 4.06. The van der Waals surface area contributed by atoms with Crippen molar-refractivity contribution in [1.82, 2.24) is 0 Å². The van der Waals surface area contributed by atoms with E-state index < -0.39 is 0 Å². The van der Waals surface area contributed by atoms with Crippen molar-refractivity contribution in [3.8, 4) is 0 Å². The molecule has 0 aliphatic heterocycles. The SMILES string of the molecule is NCCC(O)Cc1ccc(I)cc1. The molecule has 0 amide bonds. The maximum Gasteiger partial charge on any atom is 0.0592 e. The fourth-order valence-electron chi connectivity index (χ4n) is 1.19. The zero-order valence-corrected chi connectivity index (χ0v) is 9.57. The van der Waals surface area contributed by atoms with Crippen molar-refractivity contribution >= 4 is 22.6 Å². The molecule has 0 spiro atoms. The quantitative estimate of drug-likeness (QED) is 0.827. The summed E-state index contributed by atoms with van der Waals surface area (Å²) in [4.78, 5) is 0. The first-order valence-electron chi connectivity index (χ1n) is 4.35. The van der Waals surface area contributed by atoms with Crippen LogP contribution >= 0.6 is 22.6 Å². The summed E-state index contributed by atoms with van der Waals surface area (Å²) < 4.78 is 1.22. The van der Waals surface area contributed by atoms with E-state index in [1.807, 2.05) is 24.3 Å². The standard InChI is InChI=1S/C10H14INO/c11-9-3-1-8(2-4-9)7-10(13)5-6-12/h1-4,10,13H,5-7,12H2. The highest BCUT2D eigenvalue weighted by Crippen LogP contribution is 2.09. The van der Waals surface area contributed by atoms with Crippen LogP contribution in [0.1, 0.15) is 12.0 Å². The highest BCUT2D eigenvalue weighted by Gasteiger charge is 2.03. The molecule has 0 heterocycles. The van der Waals surface area contributed by atoms with Crippen LogP contribution in [0.2, 0.25) is 0 Å². The molecular weight excluding hydrogens is 277 g/mol. The predicted molar refractivity (Wildman–Crippen MR) is 62.5 cm³/mol. The Labute approximate surface area is 92.3 Å². The Hall–Kier alpha value is -0.130. The summed E-state index contributed by atoms with van der Waals surface area (Å²) in [5, 5.41) is 9.49. The van der Waals surface area contributed by atoms with Gasteiger partial charge in [-0.25, -0.2) is 0 Å². The van der Waals surface area contributed by atoms with Crippen LogP contribution in [0.4, 0.5) is 0 Å². The fraction of sp³-hybridized carbons (Fsp3) is 0.400. The third-order valence-corrected chi connectivity index (χ3v) is 2.60. The van der Waals surface area contributed by atoms with Crippen LogP contribution in [-0.4, -0.2) is 17.8 Å². The average molecular weight is 291 g/mol. The molecule has 0 aliphatic carbocycles. The van der Waals surface area contributed by atoms with Crippen molar-refractivity contribution in [3.63, 3.8) is 0 Å². The van der Waals surface area contributed by atoms with E-state index >= 15 is 0 Å². The number of aliphatic hydroxyl groups excluding tert-OH is 1. The molecule has 3 N–H and O–H groups in total. The number of halogens is 1. The Morgan fingerprint density at radius 3 is 2.46 bits per heavy atom. The normalized spacial score (nSPS) is 12.8. The van der Waals surface area contributed by atoms with Gasteiger partial charge in [0.25, 0.3) is 0 Å². The molecule has 1 rings (SSSR count). The summed E-state index contributed by atoms with van der Waals surface area (Å²) in [5.74, 6) is 0. The summed E-state index contributed by atoms with van der Waals surface area (Å²) >= 11 is 2.26. The van der Waals surface area contributed by atoms with Gasteiger partial charge in [-0.1, -0.05) is 12.1 Å². The van der Waals surface area contributed by atoms with Gasteiger partial charge >= 0.3 is 0 Å². The lowest BCUT2D eigenvalue weighted by Gasteiger charge is -2.08. The second-order valence-electron chi connectivity index (χ2n) is 3.06. The van der Waals surface area contributed by atoms with Gasteiger partial charge in [-0.2, -0.15) is 0 Å². The number of hydrogen-bond donors (Lipinski definition) is 2. The van der Waals surface area contributed by atoms with Gasteiger partial charge in [-0.05, 0) is 59.7 Å². The Balaban J connectivity index is 2.49. The van der Waals surface area contributed by atoms with Crippen molar-refractivity contribution in [3.05, 3.63) is 33.4 Å². The van der Waals surface area contributed by atoms with E-state index in [0.717, 1.165) is 0 Å². The van der Waals surface area contributed by atoms with Crippen LogP contribution in [-0.2, 0) is 6.42 Å². The van der Waals surface area contributed by atoms with Crippen molar-refractivity contribution in [1.29, 1.82) is 0 Å². The fourth-order valence-corrected chi connectivity index (χ4v) is 1.55. The van der Waals surface area contributed by atoms with Crippen LogP contribution in [0.15, 0.2) is 24.3 Å². The lowest BCUT2D eigenvalue weighted by molar-refractivity contribution is 0.167. The summed E-state index contributed by atoms with van der Waals surface area (Å²) in [6, 6.07) is 8.18. The Morgan fingerprint density at radius 2 is 1.92 bits per heavy atom. The van der Waals surface area contributed by atoms with Crippen LogP contribution in [0.25, 0.3) is 0 Å². The maximum absolute atomic E-state index is 9.49. The van der Waals surface area contributed by atoms with Gasteiger partial charge in [0.05, 0.1) is 6.10 Å². The molecule has 1 aromatic carbocycles. The van der Waals surface area contributed by atoms with Gasteiger partial charge < -0.3 is 10.8 Å². The first-order valence-corrected chi connectivity index (χ1v) is 5.43. The van der Waals surface area contributed by atoms with Crippen LogP contribution in [0.3, 0.4) is 0 Å². The third-order valence-electron chi connectivity index (χ3n) is 1.88. The molecule has 13 heavy (non-hydrogen) atoms. The van der Waals surface area contributed by atoms with E-state index in [1.54, 1.807) is 0 Å². The predicted octanol–water partition coefficient (Wildman–Crippen LogP) is 1.54. The van der Waals surface area contributed by atoms with Crippen molar-refractivity contribution in [2.24, 2.45) is 5.73 Å². The van der Waals surface area contributed by atoms with Crippen LogP contribution < -0.4 is 5.73 Å². The monoisotopic (exact) mass is 291 g/mol. The molecule has 1 atom stereocenters. The lowest BCUT2D eigenvalue weighted by atomic mass is 10.1. The van der Waals surface area contributed by atoms with Gasteiger partial charge in [-0.15, -0.1) is 0 Å². The van der Waals surface area contributed by atoms with E-state index in [2.05, 4.69) is 22.6 Å². The molecule has 1 unspecified atom stereocenters. The number of benzene rings is 1. The minimum atomic E-state index is -0.301. The van der Waals surface area contributed by atoms with Crippen LogP contribution in [0, 0.1) is 3.57 Å². The Bertz CT molecular complexity index is 248. The molecule has 0 saturated carbocycles. The number of rotatable bonds is 4. The summed E-state index contributed by atoms with van der Waals surface area (Å²) in [5.41, 5.74) is 6.51. The van der Waals surface area contributed by atoms with E-state index in [4.69, 9.17) is 5.73 Å². The summed E-state index contributed by atoms with van der Waals surface area (Å²) in [6.45, 7) is 0.547. The Kier molecular flexibility index (Phi) is 4.69. The van der Waals surface area contributed by atoms with E-state index in [-0.39, 0.29) is 6.10 Å². The van der Waals surface area contributed by atoms with Gasteiger partial charge in [0, 0.05) is 3.57 Å². The molecule has 1 aromatic rings. The molecule has 0 bridgehead atoms. The molecule has 0 saturated heterocycles. The minimum absolute atomic E-state index is 0.301.